The van der Waals surface area contributed by atoms with Gasteiger partial charge in [-0.3, -0.25) is 19.6 Å². The zero-order valence-corrected chi connectivity index (χ0v) is 12.8. The number of amides is 2. The highest BCUT2D eigenvalue weighted by Gasteiger charge is 2.29. The van der Waals surface area contributed by atoms with Gasteiger partial charge in [-0.25, -0.2) is 0 Å². The number of piperidine rings is 1. The molecule has 1 aliphatic rings. The lowest BCUT2D eigenvalue weighted by Gasteiger charge is -2.21. The molecule has 0 spiro atoms. The second-order valence-corrected chi connectivity index (χ2v) is 5.52. The Morgan fingerprint density at radius 3 is 2.74 bits per heavy atom. The van der Waals surface area contributed by atoms with Crippen molar-refractivity contribution in [1.29, 1.82) is 0 Å². The summed E-state index contributed by atoms with van der Waals surface area (Å²) in [4.78, 5) is 23.0. The van der Waals surface area contributed by atoms with Gasteiger partial charge in [0, 0.05) is 25.3 Å². The molecule has 2 rings (SSSR count). The Morgan fingerprint density at radius 2 is 2.16 bits per heavy atom. The zero-order valence-electron chi connectivity index (χ0n) is 11.2. The van der Waals surface area contributed by atoms with Crippen LogP contribution in [0.4, 0.5) is 0 Å². The van der Waals surface area contributed by atoms with Crippen molar-refractivity contribution in [2.45, 2.75) is 46.1 Å². The number of aromatic nitrogens is 2. The molecule has 2 heterocycles. The van der Waals surface area contributed by atoms with E-state index in [2.05, 4.69) is 33.3 Å². The standard InChI is InChI=1S/C13H18BrN3O2/c1-3-9-12(14)10(17(4-2)16-9)7-8-5-6-11(18)15-13(8)19/h8H,3-7H2,1-2H3,(H,15,18,19). The molecule has 1 aromatic heterocycles. The minimum atomic E-state index is -0.168. The molecular formula is C13H18BrN3O2. The van der Waals surface area contributed by atoms with Crippen LogP contribution < -0.4 is 5.32 Å². The van der Waals surface area contributed by atoms with Gasteiger partial charge in [0.15, 0.2) is 0 Å². The molecule has 1 unspecified atom stereocenters. The number of rotatable bonds is 4. The number of hydrogen-bond donors (Lipinski definition) is 1. The molecule has 0 saturated carbocycles. The first-order chi connectivity index (χ1) is 9.06. The maximum absolute atomic E-state index is 11.8. The molecule has 0 radical (unpaired) electrons. The SMILES string of the molecule is CCc1nn(CC)c(CC2CCC(=O)NC2=O)c1Br. The maximum atomic E-state index is 11.8. The summed E-state index contributed by atoms with van der Waals surface area (Å²) < 4.78 is 2.94. The van der Waals surface area contributed by atoms with Crippen molar-refractivity contribution >= 4 is 27.7 Å². The van der Waals surface area contributed by atoms with Crippen LogP contribution in [0.25, 0.3) is 0 Å². The summed E-state index contributed by atoms with van der Waals surface area (Å²) in [6.45, 7) is 4.87. The van der Waals surface area contributed by atoms with Crippen molar-refractivity contribution in [2.24, 2.45) is 5.92 Å². The highest BCUT2D eigenvalue weighted by atomic mass is 79.9. The Balaban J connectivity index is 2.21. The van der Waals surface area contributed by atoms with Gasteiger partial charge >= 0.3 is 0 Å². The number of halogens is 1. The van der Waals surface area contributed by atoms with Crippen LogP contribution in [-0.4, -0.2) is 21.6 Å². The summed E-state index contributed by atoms with van der Waals surface area (Å²) in [5.41, 5.74) is 2.07. The van der Waals surface area contributed by atoms with E-state index in [4.69, 9.17) is 0 Å². The number of hydrogen-bond acceptors (Lipinski definition) is 3. The van der Waals surface area contributed by atoms with E-state index >= 15 is 0 Å². The fourth-order valence-corrected chi connectivity index (χ4v) is 3.11. The molecule has 0 bridgehead atoms. The molecule has 0 aromatic carbocycles. The lowest BCUT2D eigenvalue weighted by Crippen LogP contribution is -2.41. The van der Waals surface area contributed by atoms with Crippen LogP contribution in [0.15, 0.2) is 4.47 Å². The highest BCUT2D eigenvalue weighted by Crippen LogP contribution is 2.27. The number of imide groups is 1. The van der Waals surface area contributed by atoms with Crippen molar-refractivity contribution in [1.82, 2.24) is 15.1 Å². The van der Waals surface area contributed by atoms with Crippen LogP contribution >= 0.6 is 15.9 Å². The van der Waals surface area contributed by atoms with Crippen molar-refractivity contribution in [3.8, 4) is 0 Å². The van der Waals surface area contributed by atoms with Crippen LogP contribution in [0.3, 0.4) is 0 Å². The molecule has 5 nitrogen and oxygen atoms in total. The summed E-state index contributed by atoms with van der Waals surface area (Å²) >= 11 is 3.58. The van der Waals surface area contributed by atoms with Gasteiger partial charge < -0.3 is 0 Å². The first-order valence-electron chi connectivity index (χ1n) is 6.64. The average molecular weight is 328 g/mol. The quantitative estimate of drug-likeness (QED) is 0.858. The van der Waals surface area contributed by atoms with Gasteiger partial charge in [-0.15, -0.1) is 0 Å². The van der Waals surface area contributed by atoms with Crippen LogP contribution in [0, 0.1) is 5.92 Å². The Morgan fingerprint density at radius 1 is 1.42 bits per heavy atom. The van der Waals surface area contributed by atoms with E-state index in [-0.39, 0.29) is 17.7 Å². The third-order valence-corrected chi connectivity index (χ3v) is 4.40. The molecule has 1 atom stereocenters. The van der Waals surface area contributed by atoms with Gasteiger partial charge in [-0.1, -0.05) is 6.92 Å². The molecule has 0 aliphatic carbocycles. The Bertz CT molecular complexity index is 510. The lowest BCUT2D eigenvalue weighted by molar-refractivity contribution is -0.136. The second kappa shape index (κ2) is 5.86. The maximum Gasteiger partial charge on any atom is 0.230 e. The summed E-state index contributed by atoms with van der Waals surface area (Å²) in [6, 6.07) is 0. The molecule has 1 fully saturated rings. The minimum absolute atomic E-state index is 0.138. The topological polar surface area (TPSA) is 64.0 Å². The summed E-state index contributed by atoms with van der Waals surface area (Å²) in [6.07, 6.45) is 2.53. The van der Waals surface area contributed by atoms with Gasteiger partial charge in [-0.05, 0) is 35.7 Å². The molecule has 6 heteroatoms. The Hall–Kier alpha value is -1.17. The Labute approximate surface area is 120 Å². The fraction of sp³-hybridized carbons (Fsp3) is 0.615. The van der Waals surface area contributed by atoms with Crippen LogP contribution in [-0.2, 0) is 29.0 Å². The second-order valence-electron chi connectivity index (χ2n) is 4.73. The van der Waals surface area contributed by atoms with E-state index in [1.54, 1.807) is 0 Å². The van der Waals surface area contributed by atoms with Crippen molar-refractivity contribution in [2.75, 3.05) is 0 Å². The van der Waals surface area contributed by atoms with Crippen LogP contribution in [0.1, 0.15) is 38.1 Å². The average Bonchev–Trinajstić information content (AvgIpc) is 2.69. The van der Waals surface area contributed by atoms with E-state index in [1.165, 1.54) is 0 Å². The largest absolute Gasteiger partial charge is 0.296 e. The predicted octanol–water partition coefficient (Wildman–Crippen LogP) is 1.82. The molecule has 1 aromatic rings. The first-order valence-corrected chi connectivity index (χ1v) is 7.43. The van der Waals surface area contributed by atoms with Crippen molar-refractivity contribution in [3.05, 3.63) is 15.9 Å². The third kappa shape index (κ3) is 2.88. The molecular weight excluding hydrogens is 310 g/mol. The van der Waals surface area contributed by atoms with Crippen molar-refractivity contribution < 1.29 is 9.59 Å². The fourth-order valence-electron chi connectivity index (χ4n) is 2.38. The molecule has 1 N–H and O–H groups in total. The van der Waals surface area contributed by atoms with E-state index in [0.29, 0.717) is 19.3 Å². The van der Waals surface area contributed by atoms with Crippen molar-refractivity contribution in [3.63, 3.8) is 0 Å². The van der Waals surface area contributed by atoms with E-state index in [1.807, 2.05) is 11.6 Å². The third-order valence-electron chi connectivity index (χ3n) is 3.49. The molecule has 104 valence electrons. The van der Waals surface area contributed by atoms with E-state index in [9.17, 15) is 9.59 Å². The number of carbonyl (C=O) groups is 2. The number of aryl methyl sites for hydroxylation is 2. The molecule has 19 heavy (non-hydrogen) atoms. The first kappa shape index (κ1) is 14.2. The number of carbonyl (C=O) groups excluding carboxylic acids is 2. The van der Waals surface area contributed by atoms with E-state index in [0.717, 1.165) is 28.8 Å². The summed E-state index contributed by atoms with van der Waals surface area (Å²) in [7, 11) is 0. The van der Waals surface area contributed by atoms with Gasteiger partial charge in [0.05, 0.1) is 15.9 Å². The van der Waals surface area contributed by atoms with Gasteiger partial charge in [-0.2, -0.15) is 5.10 Å². The van der Waals surface area contributed by atoms with Crippen LogP contribution in [0.5, 0.6) is 0 Å². The Kier molecular flexibility index (Phi) is 4.39. The molecule has 1 saturated heterocycles. The van der Waals surface area contributed by atoms with E-state index < -0.39 is 0 Å². The normalized spacial score (nSPS) is 19.6. The van der Waals surface area contributed by atoms with Gasteiger partial charge in [0.1, 0.15) is 0 Å². The summed E-state index contributed by atoms with van der Waals surface area (Å²) in [5.74, 6) is -0.468. The van der Waals surface area contributed by atoms with Gasteiger partial charge in [0.25, 0.3) is 0 Å². The summed E-state index contributed by atoms with van der Waals surface area (Å²) in [5, 5.41) is 6.93. The predicted molar refractivity (Wildman–Crippen MR) is 74.6 cm³/mol. The number of nitrogens with zero attached hydrogens (tertiary/aromatic N) is 2. The minimum Gasteiger partial charge on any atom is -0.296 e. The highest BCUT2D eigenvalue weighted by molar-refractivity contribution is 9.10. The molecule has 1 aliphatic heterocycles. The monoisotopic (exact) mass is 327 g/mol. The number of nitrogens with one attached hydrogen (secondary N) is 1. The zero-order chi connectivity index (χ0) is 14.0. The molecule has 2 amide bonds. The smallest absolute Gasteiger partial charge is 0.230 e. The van der Waals surface area contributed by atoms with Gasteiger partial charge in [0.2, 0.25) is 11.8 Å². The lowest BCUT2D eigenvalue weighted by atomic mass is 9.93. The van der Waals surface area contributed by atoms with Crippen LogP contribution in [0.2, 0.25) is 0 Å².